The van der Waals surface area contributed by atoms with Crippen molar-refractivity contribution in [1.82, 2.24) is 9.78 Å². The number of nitrogens with zero attached hydrogens (tertiary/aromatic N) is 2. The number of Topliss-reactive ketones (excluding diaryl/α,β-unsaturated/α-hetero) is 1. The molecule has 0 radical (unpaired) electrons. The van der Waals surface area contributed by atoms with Crippen LogP contribution >= 0.6 is 0 Å². The van der Waals surface area contributed by atoms with Gasteiger partial charge in [-0.3, -0.25) is 14.3 Å². The topological polar surface area (TPSA) is 98.1 Å². The normalized spacial score (nSPS) is 21.3. The number of aromatic nitrogens is 2. The number of amides is 1. The lowest BCUT2D eigenvalue weighted by molar-refractivity contribution is -0.119. The van der Waals surface area contributed by atoms with E-state index in [0.717, 1.165) is 17.5 Å². The lowest BCUT2D eigenvalue weighted by Gasteiger charge is -2.20. The van der Waals surface area contributed by atoms with Crippen LogP contribution in [0.3, 0.4) is 0 Å². The summed E-state index contributed by atoms with van der Waals surface area (Å²) in [5, 5.41) is 7.08. The summed E-state index contributed by atoms with van der Waals surface area (Å²) in [6.07, 6.45) is 5.56. The highest BCUT2D eigenvalue weighted by Crippen LogP contribution is 2.49. The van der Waals surface area contributed by atoms with E-state index in [-0.39, 0.29) is 17.6 Å². The summed E-state index contributed by atoms with van der Waals surface area (Å²) in [5.41, 5.74) is 1.62. The molecular formula is C21H25N3O4S. The second kappa shape index (κ2) is 7.74. The van der Waals surface area contributed by atoms with Crippen LogP contribution < -0.4 is 5.32 Å². The number of hydrogen-bond acceptors (Lipinski definition) is 5. The maximum Gasteiger partial charge on any atom is 0.233 e. The van der Waals surface area contributed by atoms with Crippen LogP contribution in [0.1, 0.15) is 55.6 Å². The molecule has 1 amide bonds. The molecule has 1 heterocycles. The fourth-order valence-corrected chi connectivity index (χ4v) is 5.07. The molecule has 1 N–H and O–H groups in total. The highest BCUT2D eigenvalue weighted by atomic mass is 32.2. The molecule has 0 saturated heterocycles. The number of carbonyl (C=O) groups excluding carboxylic acids is 2. The molecule has 4 rings (SSSR count). The number of carbonyl (C=O) groups is 2. The molecule has 0 aliphatic heterocycles. The van der Waals surface area contributed by atoms with Gasteiger partial charge in [0.15, 0.2) is 5.82 Å². The monoisotopic (exact) mass is 415 g/mol. The Hall–Kier alpha value is -2.48. The van der Waals surface area contributed by atoms with Crippen molar-refractivity contribution in [3.05, 3.63) is 47.7 Å². The predicted octanol–water partition coefficient (Wildman–Crippen LogP) is 2.50. The minimum Gasteiger partial charge on any atom is -0.309 e. The van der Waals surface area contributed by atoms with Crippen LogP contribution in [0.4, 0.5) is 5.82 Å². The van der Waals surface area contributed by atoms with E-state index in [1.54, 1.807) is 24.0 Å². The quantitative estimate of drug-likeness (QED) is 0.677. The van der Waals surface area contributed by atoms with Crippen molar-refractivity contribution in [3.8, 4) is 0 Å². The summed E-state index contributed by atoms with van der Waals surface area (Å²) in [5.74, 6) is 0.351. The molecule has 2 aliphatic rings. The van der Waals surface area contributed by atoms with Crippen LogP contribution in [0.2, 0.25) is 0 Å². The largest absolute Gasteiger partial charge is 0.309 e. The highest BCUT2D eigenvalue weighted by Gasteiger charge is 2.48. The summed E-state index contributed by atoms with van der Waals surface area (Å²) >= 11 is 0. The molecular weight excluding hydrogens is 390 g/mol. The number of aryl methyl sites for hydroxylation is 1. The molecule has 2 atom stereocenters. The van der Waals surface area contributed by atoms with E-state index in [9.17, 15) is 18.0 Å². The second-order valence-corrected chi connectivity index (χ2v) is 9.58. The Bertz CT molecular complexity index is 997. The molecule has 2 saturated carbocycles. The van der Waals surface area contributed by atoms with Gasteiger partial charge in [-0.25, -0.2) is 8.42 Å². The van der Waals surface area contributed by atoms with Crippen LogP contribution in [0.15, 0.2) is 36.5 Å². The van der Waals surface area contributed by atoms with E-state index in [2.05, 4.69) is 10.4 Å². The SMILES string of the molecule is Cn1ccc(NC(=O)[C@H](C[C@H]2CCC(=O)C2)c2ccc(C3([SH](=O)=O)CC3)cc2)n1. The number of thiol groups is 1. The number of anilines is 1. The van der Waals surface area contributed by atoms with Gasteiger partial charge in [0.1, 0.15) is 16.5 Å². The van der Waals surface area contributed by atoms with Crippen molar-refractivity contribution < 1.29 is 18.0 Å². The third-order valence-electron chi connectivity index (χ3n) is 6.12. The number of hydrogen-bond donors (Lipinski definition) is 2. The maximum absolute atomic E-state index is 13.1. The van der Waals surface area contributed by atoms with Crippen LogP contribution in [-0.4, -0.2) is 29.9 Å². The van der Waals surface area contributed by atoms with Gasteiger partial charge >= 0.3 is 0 Å². The third-order valence-corrected chi connectivity index (χ3v) is 7.53. The van der Waals surface area contributed by atoms with Gasteiger partial charge in [-0.15, -0.1) is 0 Å². The highest BCUT2D eigenvalue weighted by molar-refractivity contribution is 7.74. The third kappa shape index (κ3) is 4.12. The van der Waals surface area contributed by atoms with Crippen molar-refractivity contribution in [2.45, 2.75) is 49.2 Å². The van der Waals surface area contributed by atoms with Crippen LogP contribution in [0.25, 0.3) is 0 Å². The number of benzene rings is 1. The Morgan fingerprint density at radius 2 is 2.00 bits per heavy atom. The lowest BCUT2D eigenvalue weighted by Crippen LogP contribution is -2.23. The van der Waals surface area contributed by atoms with Gasteiger partial charge in [0.25, 0.3) is 0 Å². The molecule has 8 heteroatoms. The fraction of sp³-hybridized carbons (Fsp3) is 0.476. The van der Waals surface area contributed by atoms with Gasteiger partial charge in [0.2, 0.25) is 5.91 Å². The average Bonchev–Trinajstić information content (AvgIpc) is 3.27. The lowest BCUT2D eigenvalue weighted by atomic mass is 9.86. The molecule has 0 bridgehead atoms. The molecule has 2 aliphatic carbocycles. The summed E-state index contributed by atoms with van der Waals surface area (Å²) in [4.78, 5) is 24.7. The van der Waals surface area contributed by atoms with Crippen molar-refractivity contribution in [2.75, 3.05) is 5.32 Å². The van der Waals surface area contributed by atoms with Crippen molar-refractivity contribution in [2.24, 2.45) is 13.0 Å². The van der Waals surface area contributed by atoms with Gasteiger partial charge in [0, 0.05) is 32.2 Å². The standard InChI is InChI=1S/C21H25N3O4S/c1-24-11-8-19(23-24)22-20(26)18(13-14-2-7-17(25)12-14)15-3-5-16(6-4-15)21(9-10-21)29(27)28/h3-6,8,11,14,18,29H,2,7,9-10,12-13H2,1H3,(H,22,23,26)/t14-,18+/m0/s1. The number of rotatable bonds is 7. The summed E-state index contributed by atoms with van der Waals surface area (Å²) in [6, 6.07) is 9.10. The molecule has 0 unspecified atom stereocenters. The van der Waals surface area contributed by atoms with Gasteiger partial charge < -0.3 is 5.32 Å². The summed E-state index contributed by atoms with van der Waals surface area (Å²) in [7, 11) is -0.738. The van der Waals surface area contributed by atoms with Gasteiger partial charge in [0.05, 0.1) is 10.7 Å². The molecule has 1 aromatic carbocycles. The Kier molecular flexibility index (Phi) is 5.29. The molecule has 2 aromatic rings. The molecule has 154 valence electrons. The minimum absolute atomic E-state index is 0.160. The Balaban J connectivity index is 1.57. The van der Waals surface area contributed by atoms with Crippen molar-refractivity contribution >= 4 is 28.2 Å². The number of nitrogens with one attached hydrogen (secondary N) is 1. The van der Waals surface area contributed by atoms with Crippen molar-refractivity contribution in [3.63, 3.8) is 0 Å². The Morgan fingerprint density at radius 3 is 2.52 bits per heavy atom. The van der Waals surface area contributed by atoms with Crippen LogP contribution in [0, 0.1) is 5.92 Å². The van der Waals surface area contributed by atoms with Crippen LogP contribution in [-0.2, 0) is 32.1 Å². The first-order valence-corrected chi connectivity index (χ1v) is 11.1. The van der Waals surface area contributed by atoms with E-state index in [1.165, 1.54) is 0 Å². The zero-order chi connectivity index (χ0) is 20.6. The first-order chi connectivity index (χ1) is 13.9. The van der Waals surface area contributed by atoms with Crippen molar-refractivity contribution in [1.29, 1.82) is 0 Å². The van der Waals surface area contributed by atoms with Gasteiger partial charge in [-0.2, -0.15) is 5.10 Å². The molecule has 7 nitrogen and oxygen atoms in total. The van der Waals surface area contributed by atoms with E-state index >= 15 is 0 Å². The Morgan fingerprint density at radius 1 is 1.28 bits per heavy atom. The first-order valence-electron chi connectivity index (χ1n) is 9.94. The first kappa shape index (κ1) is 19.8. The Labute approximate surface area is 171 Å². The van der Waals surface area contributed by atoms with Gasteiger partial charge in [-0.05, 0) is 42.7 Å². The summed E-state index contributed by atoms with van der Waals surface area (Å²) < 4.78 is 24.1. The second-order valence-electron chi connectivity index (χ2n) is 8.21. The molecule has 29 heavy (non-hydrogen) atoms. The van der Waals surface area contributed by atoms with E-state index in [1.807, 2.05) is 24.3 Å². The fourth-order valence-electron chi connectivity index (χ4n) is 4.24. The molecule has 1 aromatic heterocycles. The summed E-state index contributed by atoms with van der Waals surface area (Å²) in [6.45, 7) is 0. The minimum atomic E-state index is -2.52. The molecule has 2 fully saturated rings. The smallest absolute Gasteiger partial charge is 0.233 e. The molecule has 0 spiro atoms. The zero-order valence-electron chi connectivity index (χ0n) is 16.3. The number of ketones is 1. The zero-order valence-corrected chi connectivity index (χ0v) is 17.2. The predicted molar refractivity (Wildman–Crippen MR) is 109 cm³/mol. The van der Waals surface area contributed by atoms with E-state index in [0.29, 0.717) is 37.9 Å². The van der Waals surface area contributed by atoms with E-state index < -0.39 is 21.4 Å². The average molecular weight is 416 g/mol. The van der Waals surface area contributed by atoms with Gasteiger partial charge in [-0.1, -0.05) is 24.3 Å². The maximum atomic E-state index is 13.1. The van der Waals surface area contributed by atoms with Crippen LogP contribution in [0.5, 0.6) is 0 Å². The van der Waals surface area contributed by atoms with E-state index in [4.69, 9.17) is 0 Å².